The van der Waals surface area contributed by atoms with E-state index in [1.54, 1.807) is 5.01 Å². The van der Waals surface area contributed by atoms with Crippen molar-refractivity contribution in [1.82, 2.24) is 9.91 Å². The lowest BCUT2D eigenvalue weighted by Gasteiger charge is -2.30. The Morgan fingerprint density at radius 1 is 0.974 bits per heavy atom. The highest BCUT2D eigenvalue weighted by Crippen LogP contribution is 2.29. The summed E-state index contributed by atoms with van der Waals surface area (Å²) in [7, 11) is 3.86. The molecule has 2 aliphatic heterocycles. The summed E-state index contributed by atoms with van der Waals surface area (Å²) < 4.78 is 6.25. The quantitative estimate of drug-likeness (QED) is 0.390. The third-order valence-corrected chi connectivity index (χ3v) is 7.18. The highest BCUT2D eigenvalue weighted by molar-refractivity contribution is 7.99. The van der Waals surface area contributed by atoms with Gasteiger partial charge in [-0.3, -0.25) is 5.01 Å². The lowest BCUT2D eigenvalue weighted by molar-refractivity contribution is 0.106. The monoisotopic (exact) mass is 551 g/mol. The number of hydrogen-bond donors (Lipinski definition) is 1. The number of likely N-dealkylation sites (N-methyl/N-ethyl adjacent to an activating group) is 2. The predicted octanol–water partition coefficient (Wildman–Crippen LogP) is 7.48. The highest BCUT2D eigenvalue weighted by atomic mass is 32.2. The van der Waals surface area contributed by atoms with Gasteiger partial charge in [0.15, 0.2) is 0 Å². The first kappa shape index (κ1) is 32.3. The molecule has 7 heteroatoms. The molecule has 39 heavy (non-hydrogen) atoms. The van der Waals surface area contributed by atoms with Crippen molar-refractivity contribution >= 4 is 23.4 Å². The van der Waals surface area contributed by atoms with Gasteiger partial charge in [0.2, 0.25) is 12.1 Å². The van der Waals surface area contributed by atoms with E-state index in [4.69, 9.17) is 15.5 Å². The predicted molar refractivity (Wildman–Crippen MR) is 169 cm³/mol. The van der Waals surface area contributed by atoms with Crippen LogP contribution < -0.4 is 5.73 Å². The zero-order valence-corrected chi connectivity index (χ0v) is 26.5. The molecule has 5 rings (SSSR count). The van der Waals surface area contributed by atoms with Crippen LogP contribution in [0.15, 0.2) is 75.0 Å². The minimum absolute atomic E-state index is 0.469. The molecular weight excluding hydrogens is 502 g/mol. The molecule has 1 aliphatic carbocycles. The van der Waals surface area contributed by atoms with E-state index in [1.807, 2.05) is 89.6 Å². The molecule has 2 aromatic rings. The molecule has 0 spiro atoms. The number of nitrogens with two attached hydrogens (primary N) is 1. The number of benzene rings is 2. The lowest BCUT2D eigenvalue weighted by Crippen LogP contribution is -2.39. The van der Waals surface area contributed by atoms with Gasteiger partial charge in [0, 0.05) is 29.8 Å². The van der Waals surface area contributed by atoms with E-state index < -0.39 is 6.23 Å². The topological polar surface area (TPSA) is 66.5 Å². The molecule has 214 valence electrons. The molecule has 1 fully saturated rings. The molecule has 3 aliphatic rings. The van der Waals surface area contributed by atoms with Crippen molar-refractivity contribution in [2.45, 2.75) is 84.6 Å². The van der Waals surface area contributed by atoms with E-state index in [0.717, 1.165) is 28.3 Å². The first-order valence-electron chi connectivity index (χ1n) is 14.3. The summed E-state index contributed by atoms with van der Waals surface area (Å²) in [5.74, 6) is 2.28. The summed E-state index contributed by atoms with van der Waals surface area (Å²) in [4.78, 5) is 8.21. The third kappa shape index (κ3) is 9.06. The number of hydrazone groups is 1. The molecule has 1 atom stereocenters. The van der Waals surface area contributed by atoms with Crippen LogP contribution in [0.2, 0.25) is 0 Å². The van der Waals surface area contributed by atoms with Gasteiger partial charge in [0.05, 0.1) is 12.3 Å². The van der Waals surface area contributed by atoms with Crippen LogP contribution in [0.3, 0.4) is 0 Å². The fourth-order valence-corrected chi connectivity index (χ4v) is 4.65. The van der Waals surface area contributed by atoms with Crippen LogP contribution in [0.4, 0.5) is 0 Å². The van der Waals surface area contributed by atoms with Crippen LogP contribution in [0, 0.1) is 12.8 Å². The van der Waals surface area contributed by atoms with Crippen molar-refractivity contribution in [2.24, 2.45) is 21.7 Å². The second kappa shape index (κ2) is 15.6. The Labute approximate surface area is 241 Å². The van der Waals surface area contributed by atoms with Gasteiger partial charge in [0.25, 0.3) is 0 Å². The van der Waals surface area contributed by atoms with Crippen molar-refractivity contribution in [3.05, 3.63) is 76.7 Å². The van der Waals surface area contributed by atoms with E-state index in [2.05, 4.69) is 50.1 Å². The van der Waals surface area contributed by atoms with E-state index in [1.165, 1.54) is 17.7 Å². The summed E-state index contributed by atoms with van der Waals surface area (Å²) in [6.07, 6.45) is 2.50. The minimum atomic E-state index is -0.469. The van der Waals surface area contributed by atoms with Crippen molar-refractivity contribution in [2.75, 3.05) is 20.6 Å². The Kier molecular flexibility index (Phi) is 12.9. The number of hydrogen-bond acceptors (Lipinski definition) is 7. The first-order chi connectivity index (χ1) is 18.7. The van der Waals surface area contributed by atoms with Crippen LogP contribution >= 0.6 is 11.8 Å². The maximum atomic E-state index is 6.44. The number of thioether (sulfide) groups is 1. The molecule has 0 amide bonds. The van der Waals surface area contributed by atoms with E-state index >= 15 is 0 Å². The van der Waals surface area contributed by atoms with E-state index in [-0.39, 0.29) is 0 Å². The third-order valence-electron chi connectivity index (χ3n) is 6.16. The molecule has 2 aromatic carbocycles. The van der Waals surface area contributed by atoms with Gasteiger partial charge in [-0.25, -0.2) is 4.99 Å². The van der Waals surface area contributed by atoms with Gasteiger partial charge < -0.3 is 15.4 Å². The summed E-state index contributed by atoms with van der Waals surface area (Å²) in [6.45, 7) is 17.4. The van der Waals surface area contributed by atoms with Gasteiger partial charge in [0.1, 0.15) is 11.5 Å². The van der Waals surface area contributed by atoms with Gasteiger partial charge >= 0.3 is 0 Å². The van der Waals surface area contributed by atoms with Gasteiger partial charge in [-0.1, -0.05) is 91.6 Å². The van der Waals surface area contributed by atoms with E-state index in [9.17, 15) is 0 Å². The summed E-state index contributed by atoms with van der Waals surface area (Å²) in [5, 5.41) is 6.96. The molecule has 2 heterocycles. The number of ether oxygens (including phenoxy) is 1. The maximum Gasteiger partial charge on any atom is 0.240 e. The Balaban J connectivity index is 0.000000589. The Bertz CT molecular complexity index is 1140. The van der Waals surface area contributed by atoms with E-state index in [0.29, 0.717) is 29.2 Å². The fraction of sp³-hybridized carbons (Fsp3) is 0.500. The van der Waals surface area contributed by atoms with Crippen molar-refractivity contribution in [1.29, 1.82) is 0 Å². The number of aliphatic imine (C=N–C) groups is 1. The molecular formula is C32H49N5OS. The fourth-order valence-electron chi connectivity index (χ4n) is 3.81. The largest absolute Gasteiger partial charge is 0.444 e. The van der Waals surface area contributed by atoms with Crippen LogP contribution in [0.1, 0.15) is 78.0 Å². The van der Waals surface area contributed by atoms with Gasteiger partial charge in [-0.15, -0.1) is 16.9 Å². The number of aryl methyl sites for hydroxylation is 1. The molecule has 1 saturated carbocycles. The molecule has 6 nitrogen and oxygen atoms in total. The first-order valence-corrected chi connectivity index (χ1v) is 15.2. The molecule has 0 saturated heterocycles. The average molecular weight is 552 g/mol. The summed E-state index contributed by atoms with van der Waals surface area (Å²) in [6, 6.07) is 16.6. The smallest absolute Gasteiger partial charge is 0.240 e. The van der Waals surface area contributed by atoms with Crippen molar-refractivity contribution in [3.8, 4) is 0 Å². The molecule has 0 bridgehead atoms. The minimum Gasteiger partial charge on any atom is -0.444 e. The van der Waals surface area contributed by atoms with Gasteiger partial charge in [-0.2, -0.15) is 0 Å². The summed E-state index contributed by atoms with van der Waals surface area (Å²) in [5.41, 5.74) is 11.3. The Morgan fingerprint density at radius 3 is 2.10 bits per heavy atom. The molecule has 1 unspecified atom stereocenters. The SMILES string of the molecule is CC.CC.CC1CC1.Cc1ccccc1C1=NN(C)C(C2=C(N)N(C)CC(c3ccc(SC(C)C)cc3)=N2)O1. The molecule has 0 aromatic heterocycles. The zero-order chi connectivity index (χ0) is 29.1. The summed E-state index contributed by atoms with van der Waals surface area (Å²) >= 11 is 1.85. The molecule has 2 N–H and O–H groups in total. The second-order valence-corrected chi connectivity index (χ2v) is 11.5. The highest BCUT2D eigenvalue weighted by Gasteiger charge is 2.34. The second-order valence-electron chi connectivity index (χ2n) is 9.82. The van der Waals surface area contributed by atoms with Crippen LogP contribution in [-0.2, 0) is 4.74 Å². The lowest BCUT2D eigenvalue weighted by atomic mass is 10.1. The van der Waals surface area contributed by atoms with Crippen LogP contribution in [0.25, 0.3) is 0 Å². The van der Waals surface area contributed by atoms with Crippen molar-refractivity contribution < 1.29 is 4.74 Å². The average Bonchev–Trinajstić information content (AvgIpc) is 3.63. The number of rotatable bonds is 5. The standard InChI is InChI=1S/C24H29N5OS.C4H8.2C2H6/c1-15(2)31-18-12-10-17(11-13-18)20-14-28(4)22(25)21(26-20)24-29(5)27-23(30-24)19-9-7-6-8-16(19)3;1-4-2-3-4;2*1-2/h6-13,15,24H,14,25H2,1-5H3;4H,2-3H2,1H3;2*1-2H3. The normalized spacial score (nSPS) is 18.1. The van der Waals surface area contributed by atoms with Crippen molar-refractivity contribution in [3.63, 3.8) is 0 Å². The van der Waals surface area contributed by atoms with Crippen LogP contribution in [0.5, 0.6) is 0 Å². The number of nitrogens with zero attached hydrogens (tertiary/aromatic N) is 4. The maximum absolute atomic E-state index is 6.44. The Morgan fingerprint density at radius 2 is 1.56 bits per heavy atom. The Hall–Kier alpha value is -2.93. The van der Waals surface area contributed by atoms with Gasteiger partial charge in [-0.05, 0) is 42.2 Å². The zero-order valence-electron chi connectivity index (χ0n) is 25.7. The van der Waals surface area contributed by atoms with Crippen LogP contribution in [-0.4, -0.2) is 53.6 Å². The molecule has 0 radical (unpaired) electrons.